The van der Waals surface area contributed by atoms with Crippen LogP contribution in [0.4, 0.5) is 0 Å². The van der Waals surface area contributed by atoms with Gasteiger partial charge in [0.2, 0.25) is 11.8 Å². The average Bonchev–Trinajstić information content (AvgIpc) is 3.22. The van der Waals surface area contributed by atoms with Crippen molar-refractivity contribution < 1.29 is 9.32 Å². The van der Waals surface area contributed by atoms with E-state index in [1.807, 2.05) is 22.8 Å². The van der Waals surface area contributed by atoms with Crippen LogP contribution in [0.15, 0.2) is 41.2 Å². The number of fused-ring (bicyclic) bond motifs is 1. The quantitative estimate of drug-likeness (QED) is 0.803. The number of hydrogen-bond donors (Lipinski definition) is 1. The molecule has 1 aliphatic rings. The molecule has 2 aromatic heterocycles. The predicted molar refractivity (Wildman–Crippen MR) is 91.3 cm³/mol. The second-order valence-corrected chi connectivity index (χ2v) is 6.48. The zero-order chi connectivity index (χ0) is 16.7. The summed E-state index contributed by atoms with van der Waals surface area (Å²) in [6.45, 7) is 2.16. The van der Waals surface area contributed by atoms with Crippen molar-refractivity contribution in [1.29, 1.82) is 0 Å². The molecular formula is C18H20N4O2. The van der Waals surface area contributed by atoms with Crippen LogP contribution in [0, 0.1) is 0 Å². The van der Waals surface area contributed by atoms with Crippen LogP contribution in [0.25, 0.3) is 16.8 Å². The third-order valence-electron chi connectivity index (χ3n) is 4.94. The second-order valence-electron chi connectivity index (χ2n) is 6.48. The van der Waals surface area contributed by atoms with Crippen LogP contribution >= 0.6 is 0 Å². The van der Waals surface area contributed by atoms with Gasteiger partial charge in [-0.25, -0.2) is 0 Å². The van der Waals surface area contributed by atoms with Crippen molar-refractivity contribution in [2.75, 3.05) is 20.1 Å². The molecule has 2 N–H and O–H groups in total. The molecule has 3 heterocycles. The summed E-state index contributed by atoms with van der Waals surface area (Å²) in [6, 6.07) is 7.42. The van der Waals surface area contributed by atoms with E-state index in [0.29, 0.717) is 17.4 Å². The van der Waals surface area contributed by atoms with Gasteiger partial charge in [0, 0.05) is 23.2 Å². The van der Waals surface area contributed by atoms with Gasteiger partial charge in [0.25, 0.3) is 0 Å². The fourth-order valence-corrected chi connectivity index (χ4v) is 3.57. The van der Waals surface area contributed by atoms with Crippen molar-refractivity contribution in [2.45, 2.75) is 18.8 Å². The van der Waals surface area contributed by atoms with Gasteiger partial charge in [-0.2, -0.15) is 0 Å². The number of rotatable bonds is 3. The molecule has 0 unspecified atom stereocenters. The Morgan fingerprint density at radius 2 is 2.08 bits per heavy atom. The van der Waals surface area contributed by atoms with Gasteiger partial charge in [-0.1, -0.05) is 5.16 Å². The van der Waals surface area contributed by atoms with Crippen molar-refractivity contribution >= 4 is 16.8 Å². The highest BCUT2D eigenvalue weighted by Crippen LogP contribution is 2.35. The van der Waals surface area contributed by atoms with Crippen molar-refractivity contribution in [2.24, 2.45) is 5.73 Å². The SMILES string of the molecule is CN1CCC(c2cn(-c3ccno3)c3ccc(C(N)=O)cc23)CC1. The summed E-state index contributed by atoms with van der Waals surface area (Å²) in [5.41, 5.74) is 8.26. The van der Waals surface area contributed by atoms with E-state index < -0.39 is 5.91 Å². The van der Waals surface area contributed by atoms with Crippen LogP contribution in [-0.4, -0.2) is 40.7 Å². The fourth-order valence-electron chi connectivity index (χ4n) is 3.57. The van der Waals surface area contributed by atoms with Crippen molar-refractivity contribution in [3.63, 3.8) is 0 Å². The molecule has 1 aromatic carbocycles. The third-order valence-corrected chi connectivity index (χ3v) is 4.94. The largest absolute Gasteiger partial charge is 0.366 e. The molecule has 0 radical (unpaired) electrons. The molecule has 24 heavy (non-hydrogen) atoms. The lowest BCUT2D eigenvalue weighted by Gasteiger charge is -2.28. The Morgan fingerprint density at radius 1 is 1.29 bits per heavy atom. The molecule has 0 atom stereocenters. The number of carbonyl (C=O) groups excluding carboxylic acids is 1. The van der Waals surface area contributed by atoms with Gasteiger partial charge in [0.1, 0.15) is 0 Å². The summed E-state index contributed by atoms with van der Waals surface area (Å²) in [5, 5.41) is 4.87. The molecule has 1 aliphatic heterocycles. The zero-order valence-corrected chi connectivity index (χ0v) is 13.6. The first-order valence-electron chi connectivity index (χ1n) is 8.18. The van der Waals surface area contributed by atoms with E-state index >= 15 is 0 Å². The number of hydrogen-bond acceptors (Lipinski definition) is 4. The molecule has 1 amide bonds. The molecule has 6 heteroatoms. The van der Waals surface area contributed by atoms with Gasteiger partial charge in [-0.15, -0.1) is 0 Å². The maximum atomic E-state index is 11.6. The van der Waals surface area contributed by atoms with Gasteiger partial charge in [-0.05, 0) is 62.7 Å². The lowest BCUT2D eigenvalue weighted by Crippen LogP contribution is -2.29. The molecular weight excluding hydrogens is 304 g/mol. The molecule has 6 nitrogen and oxygen atoms in total. The van der Waals surface area contributed by atoms with Crippen LogP contribution in [-0.2, 0) is 0 Å². The topological polar surface area (TPSA) is 77.3 Å². The minimum atomic E-state index is -0.404. The lowest BCUT2D eigenvalue weighted by atomic mass is 9.89. The Morgan fingerprint density at radius 3 is 2.75 bits per heavy atom. The van der Waals surface area contributed by atoms with E-state index in [-0.39, 0.29) is 0 Å². The van der Waals surface area contributed by atoms with Crippen LogP contribution in [0.1, 0.15) is 34.7 Å². The van der Waals surface area contributed by atoms with Crippen LogP contribution in [0.2, 0.25) is 0 Å². The van der Waals surface area contributed by atoms with Crippen molar-refractivity contribution in [3.8, 4) is 5.88 Å². The van der Waals surface area contributed by atoms with E-state index in [1.54, 1.807) is 12.3 Å². The number of primary amides is 1. The number of amides is 1. The summed E-state index contributed by atoms with van der Waals surface area (Å²) < 4.78 is 7.34. The summed E-state index contributed by atoms with van der Waals surface area (Å²) in [4.78, 5) is 13.9. The number of nitrogens with two attached hydrogens (primary N) is 1. The van der Waals surface area contributed by atoms with Crippen LogP contribution in [0.3, 0.4) is 0 Å². The first-order chi connectivity index (χ1) is 11.6. The van der Waals surface area contributed by atoms with Gasteiger partial charge < -0.3 is 15.2 Å². The van der Waals surface area contributed by atoms with Crippen LogP contribution in [0.5, 0.6) is 0 Å². The summed E-state index contributed by atoms with van der Waals surface area (Å²) in [5.74, 6) is 0.737. The Hall–Kier alpha value is -2.60. The monoisotopic (exact) mass is 324 g/mol. The Balaban J connectivity index is 1.87. The Labute approximate surface area is 139 Å². The van der Waals surface area contributed by atoms with Crippen LogP contribution < -0.4 is 5.73 Å². The second kappa shape index (κ2) is 5.79. The first kappa shape index (κ1) is 15.0. The molecule has 1 saturated heterocycles. The minimum absolute atomic E-state index is 0.404. The molecule has 0 aliphatic carbocycles. The Kier molecular flexibility index (Phi) is 3.61. The number of likely N-dealkylation sites (tertiary alicyclic amines) is 1. The summed E-state index contributed by atoms with van der Waals surface area (Å²) >= 11 is 0. The third kappa shape index (κ3) is 2.49. The highest BCUT2D eigenvalue weighted by atomic mass is 16.5. The maximum absolute atomic E-state index is 11.6. The van der Waals surface area contributed by atoms with Gasteiger partial charge in [-0.3, -0.25) is 9.36 Å². The number of benzene rings is 1. The van der Waals surface area contributed by atoms with Crippen molar-refractivity contribution in [3.05, 3.63) is 47.8 Å². The molecule has 3 aromatic rings. The molecule has 1 fully saturated rings. The summed E-state index contributed by atoms with van der Waals surface area (Å²) in [7, 11) is 2.15. The molecule has 0 bridgehead atoms. The fraction of sp³-hybridized carbons (Fsp3) is 0.333. The first-order valence-corrected chi connectivity index (χ1v) is 8.18. The van der Waals surface area contributed by atoms with E-state index in [4.69, 9.17) is 10.3 Å². The zero-order valence-electron chi connectivity index (χ0n) is 13.6. The molecule has 4 rings (SSSR count). The average molecular weight is 324 g/mol. The van der Waals surface area contributed by atoms with E-state index in [0.717, 1.165) is 36.8 Å². The number of aromatic nitrogens is 2. The number of nitrogens with zero attached hydrogens (tertiary/aromatic N) is 3. The maximum Gasteiger partial charge on any atom is 0.248 e. The van der Waals surface area contributed by atoms with E-state index in [9.17, 15) is 4.79 Å². The molecule has 124 valence electrons. The summed E-state index contributed by atoms with van der Waals surface area (Å²) in [6.07, 6.45) is 5.96. The highest BCUT2D eigenvalue weighted by Gasteiger charge is 2.23. The van der Waals surface area contributed by atoms with Crippen molar-refractivity contribution in [1.82, 2.24) is 14.6 Å². The van der Waals surface area contributed by atoms with E-state index in [2.05, 4.69) is 23.3 Å². The number of carbonyl (C=O) groups is 1. The predicted octanol–water partition coefficient (Wildman–Crippen LogP) is 2.53. The smallest absolute Gasteiger partial charge is 0.248 e. The normalized spacial score (nSPS) is 16.7. The van der Waals surface area contributed by atoms with Gasteiger partial charge >= 0.3 is 0 Å². The Bertz CT molecular complexity index is 874. The molecule has 0 saturated carbocycles. The number of piperidine rings is 1. The highest BCUT2D eigenvalue weighted by molar-refractivity contribution is 5.98. The molecule has 0 spiro atoms. The van der Waals surface area contributed by atoms with Gasteiger partial charge in [0.05, 0.1) is 11.7 Å². The van der Waals surface area contributed by atoms with Gasteiger partial charge in [0.15, 0.2) is 0 Å². The van der Waals surface area contributed by atoms with E-state index in [1.165, 1.54) is 5.56 Å². The minimum Gasteiger partial charge on any atom is -0.366 e. The standard InChI is InChI=1S/C18H20N4O2/c1-21-8-5-12(6-9-21)15-11-22(17-4-7-20-24-17)16-3-2-13(18(19)23)10-14(15)16/h2-4,7,10-12H,5-6,8-9H2,1H3,(H2,19,23). The lowest BCUT2D eigenvalue weighted by molar-refractivity contribution is 0.100.